The van der Waals surface area contributed by atoms with Crippen molar-refractivity contribution in [3.05, 3.63) is 23.1 Å². The zero-order valence-corrected chi connectivity index (χ0v) is 16.1. The average molecular weight is 373 g/mol. The number of amides is 1. The Morgan fingerprint density at radius 3 is 2.67 bits per heavy atom. The molecule has 0 spiro atoms. The van der Waals surface area contributed by atoms with Crippen LogP contribution in [0.2, 0.25) is 0 Å². The van der Waals surface area contributed by atoms with Crippen molar-refractivity contribution in [2.45, 2.75) is 64.5 Å². The molecule has 0 radical (unpaired) electrons. The zero-order valence-electron chi connectivity index (χ0n) is 16.1. The van der Waals surface area contributed by atoms with Gasteiger partial charge in [-0.3, -0.25) is 4.79 Å². The molecule has 2 aliphatic rings. The van der Waals surface area contributed by atoms with E-state index < -0.39 is 0 Å². The molecule has 1 saturated carbocycles. The smallest absolute Gasteiger partial charge is 0.274 e. The molecule has 0 aromatic carbocycles. The molecule has 9 heteroatoms. The topological polar surface area (TPSA) is 111 Å². The molecule has 2 aromatic rings. The molecule has 0 bridgehead atoms. The van der Waals surface area contributed by atoms with E-state index in [0.717, 1.165) is 50.3 Å². The van der Waals surface area contributed by atoms with Crippen molar-refractivity contribution >= 4 is 5.91 Å². The van der Waals surface area contributed by atoms with Gasteiger partial charge >= 0.3 is 0 Å². The molecule has 1 atom stereocenters. The van der Waals surface area contributed by atoms with E-state index in [1.807, 2.05) is 25.5 Å². The van der Waals surface area contributed by atoms with Gasteiger partial charge in [0.05, 0.1) is 11.7 Å². The van der Waals surface area contributed by atoms with E-state index >= 15 is 0 Å². The summed E-state index contributed by atoms with van der Waals surface area (Å²) in [6, 6.07) is -0.0563. The summed E-state index contributed by atoms with van der Waals surface area (Å²) in [5.41, 5.74) is 1.16. The number of nitrogens with zero attached hydrogens (tertiary/aromatic N) is 5. The number of hydrogen-bond acceptors (Lipinski definition) is 7. The molecular weight excluding hydrogens is 346 g/mol. The van der Waals surface area contributed by atoms with Gasteiger partial charge in [0, 0.05) is 5.92 Å². The highest BCUT2D eigenvalue weighted by molar-refractivity contribution is 5.93. The van der Waals surface area contributed by atoms with Gasteiger partial charge in [-0.15, -0.1) is 5.10 Å². The predicted octanol–water partition coefficient (Wildman–Crippen LogP) is 1.90. The Bertz CT molecular complexity index is 802. The fraction of sp³-hybridized carbons (Fsp3) is 0.722. The second kappa shape index (κ2) is 7.38. The second-order valence-electron chi connectivity index (χ2n) is 7.91. The summed E-state index contributed by atoms with van der Waals surface area (Å²) in [5, 5.41) is 18.8. The van der Waals surface area contributed by atoms with Crippen molar-refractivity contribution in [3.8, 4) is 0 Å². The first-order valence-electron chi connectivity index (χ1n) is 9.81. The third-order valence-electron chi connectivity index (χ3n) is 5.42. The van der Waals surface area contributed by atoms with Crippen LogP contribution in [-0.2, 0) is 0 Å². The van der Waals surface area contributed by atoms with Gasteiger partial charge in [0.2, 0.25) is 5.89 Å². The van der Waals surface area contributed by atoms with Crippen LogP contribution < -0.4 is 10.6 Å². The fourth-order valence-electron chi connectivity index (χ4n) is 3.55. The van der Waals surface area contributed by atoms with E-state index in [1.165, 1.54) is 0 Å². The number of rotatable bonds is 6. The molecule has 146 valence electrons. The standard InChI is InChI=1S/C18H27N7O2/c1-10(2)14(18-21-16(23-27-18)12-4-5-12)20-17(26)15-11(3)25(24-22-15)13-6-8-19-9-7-13/h10,12-14,19H,4-9H2,1-3H3,(H,20,26). The van der Waals surface area contributed by atoms with Crippen LogP contribution in [0.5, 0.6) is 0 Å². The summed E-state index contributed by atoms with van der Waals surface area (Å²) in [6.07, 6.45) is 4.20. The highest BCUT2D eigenvalue weighted by Crippen LogP contribution is 2.38. The second-order valence-corrected chi connectivity index (χ2v) is 7.91. The minimum Gasteiger partial charge on any atom is -0.339 e. The first-order valence-corrected chi connectivity index (χ1v) is 9.81. The molecule has 2 fully saturated rings. The number of carbonyl (C=O) groups excluding carboxylic acids is 1. The molecule has 27 heavy (non-hydrogen) atoms. The number of aromatic nitrogens is 5. The van der Waals surface area contributed by atoms with Crippen molar-refractivity contribution < 1.29 is 9.32 Å². The first kappa shape index (κ1) is 18.1. The Balaban J connectivity index is 1.50. The predicted molar refractivity (Wildman–Crippen MR) is 97.2 cm³/mol. The third-order valence-corrected chi connectivity index (χ3v) is 5.42. The van der Waals surface area contributed by atoms with Gasteiger partial charge in [-0.1, -0.05) is 24.2 Å². The van der Waals surface area contributed by atoms with Crippen molar-refractivity contribution in [1.82, 2.24) is 35.8 Å². The normalized spacial score (nSPS) is 19.4. The first-order chi connectivity index (χ1) is 13.0. The largest absolute Gasteiger partial charge is 0.339 e. The van der Waals surface area contributed by atoms with Crippen molar-refractivity contribution in [3.63, 3.8) is 0 Å². The van der Waals surface area contributed by atoms with Crippen molar-refractivity contribution in [1.29, 1.82) is 0 Å². The number of carbonyl (C=O) groups is 1. The van der Waals surface area contributed by atoms with Crippen LogP contribution in [-0.4, -0.2) is 44.1 Å². The van der Waals surface area contributed by atoms with Crippen molar-refractivity contribution in [2.24, 2.45) is 5.92 Å². The highest BCUT2D eigenvalue weighted by Gasteiger charge is 2.32. The summed E-state index contributed by atoms with van der Waals surface area (Å²) in [5.74, 6) is 1.48. The Morgan fingerprint density at radius 1 is 1.26 bits per heavy atom. The average Bonchev–Trinajstić information content (AvgIpc) is 3.27. The van der Waals surface area contributed by atoms with E-state index in [-0.39, 0.29) is 17.9 Å². The van der Waals surface area contributed by atoms with Gasteiger partial charge in [-0.25, -0.2) is 4.68 Å². The van der Waals surface area contributed by atoms with Crippen LogP contribution in [0, 0.1) is 12.8 Å². The minimum atomic E-state index is -0.346. The van der Waals surface area contributed by atoms with E-state index in [4.69, 9.17) is 4.52 Å². The molecule has 1 saturated heterocycles. The lowest BCUT2D eigenvalue weighted by molar-refractivity contribution is 0.0908. The Labute approximate surface area is 158 Å². The van der Waals surface area contributed by atoms with Gasteiger partial charge in [-0.2, -0.15) is 4.98 Å². The maximum Gasteiger partial charge on any atom is 0.274 e. The molecule has 1 aliphatic heterocycles. The monoisotopic (exact) mass is 373 g/mol. The Kier molecular flexibility index (Phi) is 4.94. The summed E-state index contributed by atoms with van der Waals surface area (Å²) in [4.78, 5) is 17.4. The Morgan fingerprint density at radius 2 is 2.00 bits per heavy atom. The van der Waals surface area contributed by atoms with E-state index in [0.29, 0.717) is 23.5 Å². The summed E-state index contributed by atoms with van der Waals surface area (Å²) in [6.45, 7) is 7.86. The zero-order chi connectivity index (χ0) is 19.0. The van der Waals surface area contributed by atoms with Crippen LogP contribution >= 0.6 is 0 Å². The van der Waals surface area contributed by atoms with Crippen molar-refractivity contribution in [2.75, 3.05) is 13.1 Å². The molecule has 1 aliphatic carbocycles. The molecule has 2 N–H and O–H groups in total. The highest BCUT2D eigenvalue weighted by atomic mass is 16.5. The van der Waals surface area contributed by atoms with E-state index in [1.54, 1.807) is 0 Å². The molecule has 1 amide bonds. The SMILES string of the molecule is Cc1c(C(=O)NC(c2nc(C3CC3)no2)C(C)C)nnn1C1CCNCC1. The van der Waals surface area contributed by atoms with Gasteiger partial charge in [-0.05, 0) is 51.6 Å². The van der Waals surface area contributed by atoms with Gasteiger partial charge in [0.1, 0.15) is 6.04 Å². The maximum absolute atomic E-state index is 12.9. The van der Waals surface area contributed by atoms with E-state index in [2.05, 4.69) is 31.1 Å². The summed E-state index contributed by atoms with van der Waals surface area (Å²) >= 11 is 0. The lowest BCUT2D eigenvalue weighted by Gasteiger charge is -2.23. The minimum absolute atomic E-state index is 0.112. The molecule has 4 rings (SSSR count). The lowest BCUT2D eigenvalue weighted by atomic mass is 10.0. The lowest BCUT2D eigenvalue weighted by Crippen LogP contribution is -2.33. The quantitative estimate of drug-likeness (QED) is 0.795. The molecule has 1 unspecified atom stereocenters. The molecule has 3 heterocycles. The van der Waals surface area contributed by atoms with Crippen LogP contribution in [0.15, 0.2) is 4.52 Å². The Hall–Kier alpha value is -2.29. The van der Waals surface area contributed by atoms with Crippen LogP contribution in [0.1, 0.15) is 85.4 Å². The van der Waals surface area contributed by atoms with Gasteiger partial charge in [0.25, 0.3) is 5.91 Å². The maximum atomic E-state index is 12.9. The van der Waals surface area contributed by atoms with Crippen LogP contribution in [0.25, 0.3) is 0 Å². The van der Waals surface area contributed by atoms with Crippen LogP contribution in [0.4, 0.5) is 0 Å². The number of nitrogens with one attached hydrogen (secondary N) is 2. The van der Waals surface area contributed by atoms with Crippen LogP contribution in [0.3, 0.4) is 0 Å². The van der Waals surface area contributed by atoms with Gasteiger partial charge < -0.3 is 15.2 Å². The number of piperidine rings is 1. The molecule has 9 nitrogen and oxygen atoms in total. The third kappa shape index (κ3) is 3.73. The summed E-state index contributed by atoms with van der Waals surface area (Å²) < 4.78 is 7.32. The molecular formula is C18H27N7O2. The van der Waals surface area contributed by atoms with Gasteiger partial charge in [0.15, 0.2) is 11.5 Å². The summed E-state index contributed by atoms with van der Waals surface area (Å²) in [7, 11) is 0. The molecule has 2 aromatic heterocycles. The van der Waals surface area contributed by atoms with E-state index in [9.17, 15) is 4.79 Å². The fourth-order valence-corrected chi connectivity index (χ4v) is 3.55. The number of hydrogen-bond donors (Lipinski definition) is 2.